The minimum absolute atomic E-state index is 0.0263. The highest BCUT2D eigenvalue weighted by Gasteiger charge is 2.30. The minimum atomic E-state index is -0.0263. The molecule has 280 valence electrons. The number of hydrogen-bond donors (Lipinski definition) is 2. The number of allylic oxidation sites excluding steroid dienone is 3. The van der Waals surface area contributed by atoms with Crippen molar-refractivity contribution in [3.05, 3.63) is 99.2 Å². The van der Waals surface area contributed by atoms with Crippen molar-refractivity contribution in [2.75, 3.05) is 31.7 Å². The molecule has 5 rings (SSSR count). The van der Waals surface area contributed by atoms with Crippen LogP contribution < -0.4 is 15.1 Å². The van der Waals surface area contributed by atoms with E-state index in [4.69, 9.17) is 21.5 Å². The molecule has 2 aliphatic rings. The standard InChI is InChI=1S/C25H35ClN2OS.C13H15NO.C2H6.C2H4.CH2O/c1-5-23-10-6-7-14-28(23)25(29)17-27-13-8-9-21(19(27)3)15-24-16-22(20(4)30-24)12-11-18(2)26;1-2-10-7-12(14-9-15)8-11-5-3-4-6-13(10)11;3*1-2/h11-12,16,21,23H,3-10,13-15,17H2,1-2H3;3-8,14-15H,2,9H2,1H3;1-2H3;1-2H2;1H2/b18-11+,22-12-;;;;/t21-,23?;;;;/m1..../s1. The van der Waals surface area contributed by atoms with Crippen LogP contribution in [-0.4, -0.2) is 60.0 Å². The molecule has 2 aliphatic heterocycles. The van der Waals surface area contributed by atoms with E-state index in [9.17, 15) is 4.79 Å². The van der Waals surface area contributed by atoms with Gasteiger partial charge in [-0.05, 0) is 104 Å². The number of likely N-dealkylation sites (tertiary alicyclic amines) is 2. The topological polar surface area (TPSA) is 72.9 Å². The van der Waals surface area contributed by atoms with E-state index in [1.807, 2.05) is 45.8 Å². The summed E-state index contributed by atoms with van der Waals surface area (Å²) < 4.78 is 1.07. The second kappa shape index (κ2) is 25.3. The molecule has 3 heterocycles. The number of aliphatic hydroxyl groups is 1. The molecule has 1 unspecified atom stereocenters. The molecular formula is C43H62ClN3O3S. The fraction of sp³-hybridized carbons (Fsp3) is 0.442. The number of benzene rings is 2. The van der Waals surface area contributed by atoms with Gasteiger partial charge in [0.1, 0.15) is 13.5 Å². The lowest BCUT2D eigenvalue weighted by molar-refractivity contribution is -0.136. The third-order valence-electron chi connectivity index (χ3n) is 9.05. The number of hydrogen-bond acceptors (Lipinski definition) is 6. The van der Waals surface area contributed by atoms with E-state index in [0.29, 0.717) is 18.5 Å². The van der Waals surface area contributed by atoms with E-state index in [1.54, 1.807) is 11.3 Å². The summed E-state index contributed by atoms with van der Waals surface area (Å²) in [7, 11) is 0. The first kappa shape index (κ1) is 45.4. The highest BCUT2D eigenvalue weighted by Crippen LogP contribution is 2.30. The lowest BCUT2D eigenvalue weighted by Crippen LogP contribution is -2.48. The van der Waals surface area contributed by atoms with Gasteiger partial charge >= 0.3 is 0 Å². The van der Waals surface area contributed by atoms with Gasteiger partial charge in [0, 0.05) is 50.9 Å². The summed E-state index contributed by atoms with van der Waals surface area (Å²) in [5.74, 6) is 0.672. The molecule has 3 aromatic rings. The fourth-order valence-corrected chi connectivity index (χ4v) is 7.67. The highest BCUT2D eigenvalue weighted by molar-refractivity contribution is 7.09. The predicted octanol–water partition coefficient (Wildman–Crippen LogP) is 9.05. The maximum Gasteiger partial charge on any atom is 0.242 e. The summed E-state index contributed by atoms with van der Waals surface area (Å²) in [6.45, 7) is 29.1. The number of nitrogens with one attached hydrogen (secondary N) is 1. The fourth-order valence-electron chi connectivity index (χ4n) is 6.57. The smallest absolute Gasteiger partial charge is 0.242 e. The van der Waals surface area contributed by atoms with E-state index < -0.39 is 0 Å². The van der Waals surface area contributed by atoms with Crippen molar-refractivity contribution < 1.29 is 14.7 Å². The Morgan fingerprint density at radius 3 is 2.39 bits per heavy atom. The zero-order valence-corrected chi connectivity index (χ0v) is 33.4. The number of piperidine rings is 2. The average molecular weight is 737 g/mol. The number of rotatable bonds is 9. The Kier molecular flexibility index (Phi) is 22.5. The normalized spacial score (nSPS) is 17.4. The SMILES string of the molecule is C=C.C=C1[C@@H](Cc2c/c(=C/C=C(\C)Cl)c(=C)s2)CCCN1CC(=O)N1CCCCC1CC.C=O.CC.CCc1cc(NCO)cc2ccccc12. The van der Waals surface area contributed by atoms with Crippen molar-refractivity contribution in [3.8, 4) is 0 Å². The molecule has 0 bridgehead atoms. The van der Waals surface area contributed by atoms with Crippen LogP contribution in [-0.2, 0) is 22.4 Å². The molecule has 2 fully saturated rings. The summed E-state index contributed by atoms with van der Waals surface area (Å²) in [5, 5.41) is 16.2. The molecular weight excluding hydrogens is 674 g/mol. The minimum Gasteiger partial charge on any atom is -0.377 e. The van der Waals surface area contributed by atoms with Gasteiger partial charge in [0.2, 0.25) is 5.91 Å². The maximum absolute atomic E-state index is 13.0. The van der Waals surface area contributed by atoms with Gasteiger partial charge < -0.3 is 25.0 Å². The average Bonchev–Trinajstić information content (AvgIpc) is 3.52. The van der Waals surface area contributed by atoms with Crippen molar-refractivity contribution in [1.29, 1.82) is 0 Å². The Morgan fingerprint density at radius 1 is 1.04 bits per heavy atom. The Balaban J connectivity index is 0.000000518. The zero-order chi connectivity index (χ0) is 38.3. The summed E-state index contributed by atoms with van der Waals surface area (Å²) in [6.07, 6.45) is 12.8. The lowest BCUT2D eigenvalue weighted by atomic mass is 9.90. The second-order valence-corrected chi connectivity index (χ2v) is 14.0. The molecule has 1 aromatic heterocycles. The number of carbonyl (C=O) groups is 2. The molecule has 0 aliphatic carbocycles. The summed E-state index contributed by atoms with van der Waals surface area (Å²) in [5.41, 5.74) is 3.41. The third kappa shape index (κ3) is 14.1. The molecule has 2 atom stereocenters. The lowest BCUT2D eigenvalue weighted by Gasteiger charge is -2.40. The monoisotopic (exact) mass is 735 g/mol. The van der Waals surface area contributed by atoms with Crippen LogP contribution >= 0.6 is 22.9 Å². The predicted molar refractivity (Wildman–Crippen MR) is 224 cm³/mol. The summed E-state index contributed by atoms with van der Waals surface area (Å²) in [6, 6.07) is 15.1. The molecule has 2 saturated heterocycles. The van der Waals surface area contributed by atoms with E-state index in [-0.39, 0.29) is 12.6 Å². The second-order valence-electron chi connectivity index (χ2n) is 12.2. The molecule has 1 amide bonds. The molecule has 2 aromatic carbocycles. The van der Waals surface area contributed by atoms with Crippen LogP contribution in [0.15, 0.2) is 79.0 Å². The van der Waals surface area contributed by atoms with E-state index in [2.05, 4.69) is 91.7 Å². The van der Waals surface area contributed by atoms with Crippen molar-refractivity contribution in [2.45, 2.75) is 92.0 Å². The first-order valence-electron chi connectivity index (χ1n) is 18.2. The van der Waals surface area contributed by atoms with Crippen LogP contribution in [0.5, 0.6) is 0 Å². The third-order valence-corrected chi connectivity index (χ3v) is 10.2. The van der Waals surface area contributed by atoms with Crippen LogP contribution in [0.4, 0.5) is 5.69 Å². The number of anilines is 1. The van der Waals surface area contributed by atoms with Crippen LogP contribution in [0.1, 0.15) is 83.6 Å². The van der Waals surface area contributed by atoms with E-state index in [0.717, 1.165) is 84.2 Å². The number of nitrogens with zero attached hydrogens (tertiary/aromatic N) is 2. The van der Waals surface area contributed by atoms with Gasteiger partial charge in [0.25, 0.3) is 0 Å². The Labute approximate surface area is 316 Å². The van der Waals surface area contributed by atoms with Crippen LogP contribution in [0, 0.1) is 5.92 Å². The van der Waals surface area contributed by atoms with E-state index >= 15 is 0 Å². The van der Waals surface area contributed by atoms with Crippen molar-refractivity contribution in [3.63, 3.8) is 0 Å². The van der Waals surface area contributed by atoms with Gasteiger partial charge in [-0.15, -0.1) is 24.5 Å². The quantitative estimate of drug-likeness (QED) is 0.170. The first-order chi connectivity index (χ1) is 24.7. The van der Waals surface area contributed by atoms with Crippen molar-refractivity contribution in [2.24, 2.45) is 5.92 Å². The summed E-state index contributed by atoms with van der Waals surface area (Å²) >= 11 is 7.71. The molecule has 51 heavy (non-hydrogen) atoms. The Bertz CT molecular complexity index is 1630. The maximum atomic E-state index is 13.0. The Morgan fingerprint density at radius 2 is 1.75 bits per heavy atom. The number of aryl methyl sites for hydroxylation is 1. The largest absolute Gasteiger partial charge is 0.377 e. The van der Waals surface area contributed by atoms with Crippen LogP contribution in [0.3, 0.4) is 0 Å². The van der Waals surface area contributed by atoms with Gasteiger partial charge in [-0.3, -0.25) is 4.79 Å². The van der Waals surface area contributed by atoms with Gasteiger partial charge in [0.05, 0.1) is 6.54 Å². The van der Waals surface area contributed by atoms with Gasteiger partial charge in [-0.1, -0.05) is 82.8 Å². The van der Waals surface area contributed by atoms with Gasteiger partial charge in [0.15, 0.2) is 0 Å². The Hall–Kier alpha value is -3.65. The molecule has 8 heteroatoms. The number of aliphatic hydroxyl groups excluding tert-OH is 1. The number of halogens is 1. The molecule has 0 spiro atoms. The van der Waals surface area contributed by atoms with Crippen molar-refractivity contribution >= 4 is 64.7 Å². The molecule has 0 radical (unpaired) electrons. The number of amides is 1. The van der Waals surface area contributed by atoms with Gasteiger partial charge in [-0.25, -0.2) is 0 Å². The molecule has 6 nitrogen and oxygen atoms in total. The highest BCUT2D eigenvalue weighted by atomic mass is 35.5. The summed E-state index contributed by atoms with van der Waals surface area (Å²) in [4.78, 5) is 26.7. The van der Waals surface area contributed by atoms with Crippen LogP contribution in [0.2, 0.25) is 0 Å². The van der Waals surface area contributed by atoms with E-state index in [1.165, 1.54) is 27.6 Å². The number of fused-ring (bicyclic) bond motifs is 1. The number of carbonyl (C=O) groups excluding carboxylic acids is 2. The zero-order valence-electron chi connectivity index (χ0n) is 31.8. The first-order valence-corrected chi connectivity index (χ1v) is 19.4. The van der Waals surface area contributed by atoms with Gasteiger partial charge in [-0.2, -0.15) is 0 Å². The molecule has 2 N–H and O–H groups in total. The number of thiophene rings is 1. The van der Waals surface area contributed by atoms with Crippen LogP contribution in [0.25, 0.3) is 23.4 Å². The van der Waals surface area contributed by atoms with Crippen molar-refractivity contribution in [1.82, 2.24) is 9.80 Å². The molecule has 0 saturated carbocycles.